The molecular weight excluding hydrogens is 420 g/mol. The summed E-state index contributed by atoms with van der Waals surface area (Å²) in [4.78, 5) is 12.5. The van der Waals surface area contributed by atoms with E-state index in [0.29, 0.717) is 36.6 Å². The minimum Gasteiger partial charge on any atom is -0.393 e. The summed E-state index contributed by atoms with van der Waals surface area (Å²) in [6, 6.07) is 0. The molecule has 3 saturated carbocycles. The molecule has 6 nitrogen and oxygen atoms in total. The number of rotatable bonds is 4. The van der Waals surface area contributed by atoms with E-state index in [1.165, 1.54) is 5.57 Å². The lowest BCUT2D eigenvalue weighted by atomic mass is 9.46. The van der Waals surface area contributed by atoms with Crippen LogP contribution in [-0.4, -0.2) is 64.8 Å². The Hall–Kier alpha value is -0.790. The number of fused-ring (bicyclic) bond motifs is 4. The van der Waals surface area contributed by atoms with E-state index in [1.807, 2.05) is 0 Å². The molecule has 6 fully saturated rings. The highest BCUT2D eigenvalue weighted by Crippen LogP contribution is 2.83. The standard InChI is InChI=1S/C27H36O6/c1-13(2)25-21(32-25)22-27(33-22)24(3)9-8-17-16(6-7-19(17)29)18(24)11-20-26(27,31-20)23(25)30-12-14-4-5-15(28)10-14/h13-15,18,20-23,28H,4-12H2,1-3H3. The summed E-state index contributed by atoms with van der Waals surface area (Å²) in [6.45, 7) is 7.57. The second-order valence-corrected chi connectivity index (χ2v) is 12.9. The Morgan fingerprint density at radius 2 is 1.94 bits per heavy atom. The molecule has 0 radical (unpaired) electrons. The number of ketones is 1. The third kappa shape index (κ3) is 2.08. The molecule has 1 N–H and O–H groups in total. The fraction of sp³-hybridized carbons (Fsp3) is 0.889. The van der Waals surface area contributed by atoms with Crippen LogP contribution in [0.4, 0.5) is 0 Å². The van der Waals surface area contributed by atoms with Gasteiger partial charge in [-0.3, -0.25) is 4.79 Å². The van der Waals surface area contributed by atoms with Crippen molar-refractivity contribution in [3.63, 3.8) is 0 Å². The van der Waals surface area contributed by atoms with E-state index in [4.69, 9.17) is 18.9 Å². The molecule has 8 aliphatic rings. The molecule has 5 aliphatic carbocycles. The summed E-state index contributed by atoms with van der Waals surface area (Å²) in [5.74, 6) is 1.47. The van der Waals surface area contributed by atoms with Crippen molar-refractivity contribution in [1.29, 1.82) is 0 Å². The van der Waals surface area contributed by atoms with E-state index in [-0.39, 0.29) is 47.1 Å². The maximum atomic E-state index is 12.5. The Balaban J connectivity index is 1.19. The number of carbonyl (C=O) groups is 1. The highest BCUT2D eigenvalue weighted by molar-refractivity contribution is 5.99. The molecule has 3 saturated heterocycles. The number of hydrogen-bond donors (Lipinski definition) is 1. The first-order valence-electron chi connectivity index (χ1n) is 13.4. The lowest BCUT2D eigenvalue weighted by Gasteiger charge is -2.54. The average Bonchev–Trinajstić information content (AvgIpc) is 3.69. The number of epoxide rings is 3. The van der Waals surface area contributed by atoms with E-state index in [0.717, 1.165) is 50.5 Å². The lowest BCUT2D eigenvalue weighted by molar-refractivity contribution is -0.132. The van der Waals surface area contributed by atoms with Crippen LogP contribution in [0.3, 0.4) is 0 Å². The zero-order valence-corrected chi connectivity index (χ0v) is 20.0. The first-order chi connectivity index (χ1) is 15.8. The molecule has 2 spiro atoms. The Morgan fingerprint density at radius 1 is 1.09 bits per heavy atom. The van der Waals surface area contributed by atoms with Gasteiger partial charge in [0.25, 0.3) is 0 Å². The van der Waals surface area contributed by atoms with Gasteiger partial charge >= 0.3 is 0 Å². The van der Waals surface area contributed by atoms with Gasteiger partial charge in [-0.05, 0) is 68.3 Å². The second kappa shape index (κ2) is 5.95. The number of Topliss-reactive ketones (excluding diaryl/α,β-unsaturated/α-hetero) is 1. The number of ether oxygens (including phenoxy) is 4. The third-order valence-corrected chi connectivity index (χ3v) is 11.4. The van der Waals surface area contributed by atoms with Crippen LogP contribution in [0.15, 0.2) is 11.1 Å². The first-order valence-corrected chi connectivity index (χ1v) is 13.4. The predicted molar refractivity (Wildman–Crippen MR) is 117 cm³/mol. The molecule has 11 unspecified atom stereocenters. The quantitative estimate of drug-likeness (QED) is 0.655. The minimum absolute atomic E-state index is 0.0472. The topological polar surface area (TPSA) is 84.1 Å². The SMILES string of the molecule is CC(C)C12OC1C1OC13C1(C)CCC4=C(CCC4=O)C1CC1OC13C2OCC1CCC(O)C1. The van der Waals surface area contributed by atoms with Gasteiger partial charge in [0.05, 0.1) is 18.8 Å². The van der Waals surface area contributed by atoms with Crippen LogP contribution in [0.5, 0.6) is 0 Å². The molecule has 0 bridgehead atoms. The van der Waals surface area contributed by atoms with Gasteiger partial charge in [-0.1, -0.05) is 26.3 Å². The Labute approximate surface area is 195 Å². The number of hydrogen-bond acceptors (Lipinski definition) is 6. The van der Waals surface area contributed by atoms with Crippen molar-refractivity contribution in [1.82, 2.24) is 0 Å². The van der Waals surface area contributed by atoms with Crippen molar-refractivity contribution in [3.05, 3.63) is 11.1 Å². The maximum absolute atomic E-state index is 12.5. The summed E-state index contributed by atoms with van der Waals surface area (Å²) in [5, 5.41) is 10.0. The van der Waals surface area contributed by atoms with Crippen molar-refractivity contribution >= 4 is 5.78 Å². The Kier molecular flexibility index (Phi) is 3.68. The highest BCUT2D eigenvalue weighted by Gasteiger charge is 3.00. The maximum Gasteiger partial charge on any atom is 0.159 e. The summed E-state index contributed by atoms with van der Waals surface area (Å²) in [7, 11) is 0. The van der Waals surface area contributed by atoms with Crippen LogP contribution in [0.2, 0.25) is 0 Å². The van der Waals surface area contributed by atoms with E-state index in [9.17, 15) is 9.90 Å². The molecule has 33 heavy (non-hydrogen) atoms. The molecule has 0 aromatic heterocycles. The minimum atomic E-state index is -0.432. The van der Waals surface area contributed by atoms with Crippen LogP contribution in [0.1, 0.15) is 72.1 Å². The van der Waals surface area contributed by atoms with Crippen molar-refractivity contribution in [2.24, 2.45) is 23.2 Å². The number of aliphatic hydroxyl groups is 1. The fourth-order valence-corrected chi connectivity index (χ4v) is 9.74. The van der Waals surface area contributed by atoms with Crippen LogP contribution in [0, 0.1) is 23.2 Å². The van der Waals surface area contributed by atoms with Crippen molar-refractivity contribution < 1.29 is 28.8 Å². The summed E-state index contributed by atoms with van der Waals surface area (Å²) in [6.07, 6.45) is 7.13. The molecule has 8 rings (SSSR count). The van der Waals surface area contributed by atoms with Gasteiger partial charge in [-0.15, -0.1) is 0 Å². The van der Waals surface area contributed by atoms with E-state index >= 15 is 0 Å². The zero-order valence-electron chi connectivity index (χ0n) is 20.0. The lowest BCUT2D eigenvalue weighted by Crippen LogP contribution is -2.69. The smallest absolute Gasteiger partial charge is 0.159 e. The van der Waals surface area contributed by atoms with Gasteiger partial charge < -0.3 is 24.1 Å². The van der Waals surface area contributed by atoms with Crippen LogP contribution < -0.4 is 0 Å². The van der Waals surface area contributed by atoms with Crippen LogP contribution >= 0.6 is 0 Å². The Bertz CT molecular complexity index is 989. The second-order valence-electron chi connectivity index (χ2n) is 12.9. The van der Waals surface area contributed by atoms with Gasteiger partial charge in [0, 0.05) is 11.8 Å². The molecule has 11 atom stereocenters. The average molecular weight is 457 g/mol. The predicted octanol–water partition coefficient (Wildman–Crippen LogP) is 3.09. The summed E-state index contributed by atoms with van der Waals surface area (Å²) < 4.78 is 27.1. The zero-order chi connectivity index (χ0) is 22.5. The summed E-state index contributed by atoms with van der Waals surface area (Å²) in [5.41, 5.74) is 1.37. The van der Waals surface area contributed by atoms with E-state index in [1.54, 1.807) is 0 Å². The molecule has 3 aliphatic heterocycles. The number of aliphatic hydroxyl groups excluding tert-OH is 1. The summed E-state index contributed by atoms with van der Waals surface area (Å²) >= 11 is 0. The van der Waals surface area contributed by atoms with Gasteiger partial charge in [0.1, 0.15) is 29.5 Å². The molecule has 0 amide bonds. The van der Waals surface area contributed by atoms with Crippen molar-refractivity contribution in [2.45, 2.75) is 119 Å². The van der Waals surface area contributed by atoms with Crippen molar-refractivity contribution in [3.8, 4) is 0 Å². The molecule has 3 heterocycles. The van der Waals surface area contributed by atoms with E-state index < -0.39 is 5.60 Å². The van der Waals surface area contributed by atoms with Gasteiger partial charge in [-0.25, -0.2) is 0 Å². The normalized spacial score (nSPS) is 59.4. The van der Waals surface area contributed by atoms with Gasteiger partial charge in [-0.2, -0.15) is 0 Å². The molecule has 0 aromatic carbocycles. The van der Waals surface area contributed by atoms with Gasteiger partial charge in [0.15, 0.2) is 11.4 Å². The molecule has 0 aromatic rings. The highest BCUT2D eigenvalue weighted by atomic mass is 16.8. The molecular formula is C27H36O6. The first kappa shape index (κ1) is 20.4. The van der Waals surface area contributed by atoms with Crippen LogP contribution in [0.25, 0.3) is 0 Å². The van der Waals surface area contributed by atoms with Crippen LogP contribution in [-0.2, 0) is 23.7 Å². The number of carbonyl (C=O) groups excluding carboxylic acids is 1. The monoisotopic (exact) mass is 456 g/mol. The van der Waals surface area contributed by atoms with Crippen molar-refractivity contribution in [2.75, 3.05) is 6.61 Å². The third-order valence-electron chi connectivity index (χ3n) is 11.4. The largest absolute Gasteiger partial charge is 0.393 e. The number of allylic oxidation sites excluding steroid dienone is 2. The van der Waals surface area contributed by atoms with E-state index in [2.05, 4.69) is 20.8 Å². The molecule has 180 valence electrons. The van der Waals surface area contributed by atoms with Gasteiger partial charge in [0.2, 0.25) is 0 Å². The Morgan fingerprint density at radius 3 is 2.70 bits per heavy atom. The fourth-order valence-electron chi connectivity index (χ4n) is 9.74. The molecule has 6 heteroatoms.